The predicted molar refractivity (Wildman–Crippen MR) is 124 cm³/mol. The normalized spacial score (nSPS) is 11.6. The summed E-state index contributed by atoms with van der Waals surface area (Å²) in [7, 11) is -2.47. The van der Waals surface area contributed by atoms with Gasteiger partial charge in [-0.3, -0.25) is 4.79 Å². The molecular formula is C24H24FN3O4S. The molecular weight excluding hydrogens is 445 g/mol. The van der Waals surface area contributed by atoms with Crippen molar-refractivity contribution in [2.45, 2.75) is 11.3 Å². The number of carbonyl (C=O) groups is 1. The van der Waals surface area contributed by atoms with Crippen molar-refractivity contribution in [1.82, 2.24) is 9.73 Å². The number of rotatable bonds is 10. The van der Waals surface area contributed by atoms with Gasteiger partial charge in [-0.1, -0.05) is 42.5 Å². The number of carbonyl (C=O) groups excluding carboxylic acids is 1. The fraction of sp³-hybridized carbons (Fsp3) is 0.167. The fourth-order valence-electron chi connectivity index (χ4n) is 3.04. The molecule has 33 heavy (non-hydrogen) atoms. The van der Waals surface area contributed by atoms with Crippen LogP contribution < -0.4 is 10.2 Å². The van der Waals surface area contributed by atoms with Crippen molar-refractivity contribution in [3.63, 3.8) is 0 Å². The molecule has 0 aromatic heterocycles. The molecule has 1 amide bonds. The van der Waals surface area contributed by atoms with Crippen LogP contribution in [0.3, 0.4) is 0 Å². The van der Waals surface area contributed by atoms with Crippen LogP contribution in [-0.4, -0.2) is 45.0 Å². The lowest BCUT2D eigenvalue weighted by Crippen LogP contribution is -2.40. The SMILES string of the molecule is COc1ccc(S(=O)(=O)N(CCc2ccccc2)CC(=O)N/N=C\c2cccc(F)c2)cc1. The molecule has 9 heteroatoms. The van der Waals surface area contributed by atoms with Gasteiger partial charge in [0.2, 0.25) is 10.0 Å². The summed E-state index contributed by atoms with van der Waals surface area (Å²) in [6.07, 6.45) is 1.71. The number of nitrogens with zero attached hydrogens (tertiary/aromatic N) is 2. The Morgan fingerprint density at radius 1 is 1.06 bits per heavy atom. The summed E-state index contributed by atoms with van der Waals surface area (Å²) in [6, 6.07) is 21.1. The van der Waals surface area contributed by atoms with Crippen molar-refractivity contribution >= 4 is 22.1 Å². The molecule has 0 bridgehead atoms. The highest BCUT2D eigenvalue weighted by molar-refractivity contribution is 7.89. The standard InChI is InChI=1S/C24H24FN3O4S/c1-32-22-10-12-23(13-11-22)33(30,31)28(15-14-19-6-3-2-4-7-19)18-24(29)27-26-17-20-8-5-9-21(25)16-20/h2-13,16-17H,14-15,18H2,1H3,(H,27,29)/b26-17-. The van der Waals surface area contributed by atoms with Crippen LogP contribution >= 0.6 is 0 Å². The molecule has 3 aromatic carbocycles. The van der Waals surface area contributed by atoms with Crippen LogP contribution in [-0.2, 0) is 21.2 Å². The molecule has 172 valence electrons. The van der Waals surface area contributed by atoms with Crippen molar-refractivity contribution in [3.05, 3.63) is 95.8 Å². The van der Waals surface area contributed by atoms with Gasteiger partial charge in [0.15, 0.2) is 0 Å². The molecule has 1 N–H and O–H groups in total. The summed E-state index contributed by atoms with van der Waals surface area (Å²) in [5, 5.41) is 3.80. The number of methoxy groups -OCH3 is 1. The van der Waals surface area contributed by atoms with Crippen LogP contribution in [0.5, 0.6) is 5.75 Å². The highest BCUT2D eigenvalue weighted by Gasteiger charge is 2.26. The summed E-state index contributed by atoms with van der Waals surface area (Å²) >= 11 is 0. The third-order valence-electron chi connectivity index (χ3n) is 4.76. The minimum atomic E-state index is -3.96. The van der Waals surface area contributed by atoms with E-state index in [2.05, 4.69) is 10.5 Å². The highest BCUT2D eigenvalue weighted by Crippen LogP contribution is 2.20. The van der Waals surface area contributed by atoms with Crippen molar-refractivity contribution in [2.75, 3.05) is 20.2 Å². The number of amides is 1. The molecule has 0 unspecified atom stereocenters. The van der Waals surface area contributed by atoms with Crippen LogP contribution in [0.2, 0.25) is 0 Å². The van der Waals surface area contributed by atoms with Crippen molar-refractivity contribution in [2.24, 2.45) is 5.10 Å². The number of ether oxygens (including phenoxy) is 1. The zero-order valence-corrected chi connectivity index (χ0v) is 18.8. The Labute approximate surface area is 192 Å². The van der Waals surface area contributed by atoms with Gasteiger partial charge >= 0.3 is 0 Å². The monoisotopic (exact) mass is 469 g/mol. The number of hydrazone groups is 1. The topological polar surface area (TPSA) is 88.1 Å². The third kappa shape index (κ3) is 6.96. The summed E-state index contributed by atoms with van der Waals surface area (Å²) in [5.74, 6) is -0.523. The first-order chi connectivity index (χ1) is 15.9. The summed E-state index contributed by atoms with van der Waals surface area (Å²) in [6.45, 7) is -0.332. The maximum atomic E-state index is 13.3. The van der Waals surface area contributed by atoms with Crippen LogP contribution in [0.25, 0.3) is 0 Å². The van der Waals surface area contributed by atoms with Gasteiger partial charge in [-0.25, -0.2) is 18.2 Å². The molecule has 0 aliphatic heterocycles. The molecule has 0 spiro atoms. The van der Waals surface area contributed by atoms with Crippen molar-refractivity contribution < 1.29 is 22.3 Å². The van der Waals surface area contributed by atoms with Gasteiger partial charge in [-0.2, -0.15) is 9.41 Å². The zero-order valence-electron chi connectivity index (χ0n) is 18.0. The first-order valence-electron chi connectivity index (χ1n) is 10.1. The minimum Gasteiger partial charge on any atom is -0.497 e. The van der Waals surface area contributed by atoms with Gasteiger partial charge < -0.3 is 4.74 Å². The van der Waals surface area contributed by atoms with Crippen LogP contribution in [0.1, 0.15) is 11.1 Å². The Morgan fingerprint density at radius 3 is 2.45 bits per heavy atom. The molecule has 0 heterocycles. The van der Waals surface area contributed by atoms with Gasteiger partial charge in [-0.15, -0.1) is 0 Å². The number of benzene rings is 3. The van der Waals surface area contributed by atoms with Crippen molar-refractivity contribution in [1.29, 1.82) is 0 Å². The van der Waals surface area contributed by atoms with E-state index in [1.165, 1.54) is 43.7 Å². The summed E-state index contributed by atoms with van der Waals surface area (Å²) in [5.41, 5.74) is 3.70. The van der Waals surface area contributed by atoms with E-state index in [0.717, 1.165) is 9.87 Å². The predicted octanol–water partition coefficient (Wildman–Crippen LogP) is 3.22. The molecule has 0 aliphatic carbocycles. The number of halogens is 1. The molecule has 3 rings (SSSR count). The largest absolute Gasteiger partial charge is 0.497 e. The lowest BCUT2D eigenvalue weighted by Gasteiger charge is -2.21. The van der Waals surface area contributed by atoms with Crippen LogP contribution in [0.15, 0.2) is 88.9 Å². The van der Waals surface area contributed by atoms with Crippen LogP contribution in [0, 0.1) is 5.82 Å². The van der Waals surface area contributed by atoms with E-state index < -0.39 is 28.3 Å². The minimum absolute atomic E-state index is 0.0485. The second kappa shape index (κ2) is 11.3. The smallest absolute Gasteiger partial charge is 0.255 e. The van der Waals surface area contributed by atoms with Crippen molar-refractivity contribution in [3.8, 4) is 5.75 Å². The number of nitrogens with one attached hydrogen (secondary N) is 1. The molecule has 3 aromatic rings. The van der Waals surface area contributed by atoms with Gasteiger partial charge in [0.1, 0.15) is 11.6 Å². The second-order valence-electron chi connectivity index (χ2n) is 7.10. The Balaban J connectivity index is 1.74. The first-order valence-corrected chi connectivity index (χ1v) is 11.6. The Kier molecular flexibility index (Phi) is 8.28. The molecule has 0 aliphatic rings. The molecule has 0 fully saturated rings. The van der Waals surface area contributed by atoms with Gasteiger partial charge in [0.25, 0.3) is 5.91 Å². The zero-order chi connectivity index (χ0) is 23.7. The molecule has 0 saturated carbocycles. The van der Waals surface area contributed by atoms with E-state index in [0.29, 0.717) is 17.7 Å². The first kappa shape index (κ1) is 24.1. The van der Waals surface area contributed by atoms with E-state index in [1.54, 1.807) is 18.2 Å². The average molecular weight is 470 g/mol. The molecule has 7 nitrogen and oxygen atoms in total. The maximum Gasteiger partial charge on any atom is 0.255 e. The van der Waals surface area contributed by atoms with Gasteiger partial charge in [0, 0.05) is 6.54 Å². The van der Waals surface area contributed by atoms with Crippen LogP contribution in [0.4, 0.5) is 4.39 Å². The number of sulfonamides is 1. The molecule has 0 saturated heterocycles. The molecule has 0 radical (unpaired) electrons. The maximum absolute atomic E-state index is 13.3. The van der Waals surface area contributed by atoms with E-state index in [4.69, 9.17) is 4.74 Å². The van der Waals surface area contributed by atoms with E-state index in [-0.39, 0.29) is 11.4 Å². The summed E-state index contributed by atoms with van der Waals surface area (Å²) in [4.78, 5) is 12.5. The lowest BCUT2D eigenvalue weighted by atomic mass is 10.1. The quantitative estimate of drug-likeness (QED) is 0.365. The fourth-order valence-corrected chi connectivity index (χ4v) is 4.44. The number of hydrogen-bond donors (Lipinski definition) is 1. The summed E-state index contributed by atoms with van der Waals surface area (Å²) < 4.78 is 45.9. The lowest BCUT2D eigenvalue weighted by molar-refractivity contribution is -0.121. The Morgan fingerprint density at radius 2 is 1.79 bits per heavy atom. The second-order valence-corrected chi connectivity index (χ2v) is 9.04. The molecule has 0 atom stereocenters. The van der Waals surface area contributed by atoms with E-state index in [9.17, 15) is 17.6 Å². The Bertz CT molecular complexity index is 1200. The highest BCUT2D eigenvalue weighted by atomic mass is 32.2. The Hall–Kier alpha value is -3.56. The van der Waals surface area contributed by atoms with E-state index >= 15 is 0 Å². The van der Waals surface area contributed by atoms with Gasteiger partial charge in [0.05, 0.1) is 24.8 Å². The average Bonchev–Trinajstić information content (AvgIpc) is 2.82. The number of hydrogen-bond acceptors (Lipinski definition) is 5. The van der Waals surface area contributed by atoms with E-state index in [1.807, 2.05) is 30.3 Å². The third-order valence-corrected chi connectivity index (χ3v) is 6.62. The van der Waals surface area contributed by atoms with Gasteiger partial charge in [-0.05, 0) is 53.9 Å².